The van der Waals surface area contributed by atoms with Gasteiger partial charge in [-0.3, -0.25) is 20.4 Å². The second kappa shape index (κ2) is 10.4. The predicted octanol–water partition coefficient (Wildman–Crippen LogP) is 3.26. The van der Waals surface area contributed by atoms with Crippen molar-refractivity contribution in [3.8, 4) is 11.5 Å². The Bertz CT molecular complexity index is 819. The molecule has 142 valence electrons. The van der Waals surface area contributed by atoms with Crippen molar-refractivity contribution in [2.24, 2.45) is 0 Å². The molecule has 0 saturated carbocycles. The van der Waals surface area contributed by atoms with Crippen molar-refractivity contribution >= 4 is 33.8 Å². The summed E-state index contributed by atoms with van der Waals surface area (Å²) in [4.78, 5) is 23.6. The van der Waals surface area contributed by atoms with Gasteiger partial charge in [-0.05, 0) is 63.8 Å². The zero-order valence-corrected chi connectivity index (χ0v) is 16.7. The third-order valence-corrected chi connectivity index (χ3v) is 4.25. The van der Waals surface area contributed by atoms with Crippen LogP contribution in [-0.4, -0.2) is 25.5 Å². The van der Waals surface area contributed by atoms with Crippen LogP contribution in [0.2, 0.25) is 0 Å². The van der Waals surface area contributed by atoms with Gasteiger partial charge in [0.2, 0.25) is 0 Å². The molecule has 0 aliphatic rings. The Kier molecular flexibility index (Phi) is 7.88. The zero-order chi connectivity index (χ0) is 19.6. The minimum atomic E-state index is -0.465. The van der Waals surface area contributed by atoms with Crippen LogP contribution in [0.1, 0.15) is 18.1 Å². The Morgan fingerprint density at radius 2 is 1.85 bits per heavy atom. The standard InChI is InChI=1S/C20H21BrN2O4/c1-3-14-6-10-18(17(21)12-14)27-13-20(25)23-22-19(24)11-7-15-4-8-16(26-2)9-5-15/h4-12H,3,13H2,1-2H3,(H,22,24)(H,23,25)/b11-7+. The van der Waals surface area contributed by atoms with Crippen LogP contribution in [0.25, 0.3) is 6.08 Å². The molecule has 27 heavy (non-hydrogen) atoms. The zero-order valence-electron chi connectivity index (χ0n) is 15.1. The minimum Gasteiger partial charge on any atom is -0.497 e. The number of aryl methyl sites for hydroxylation is 1. The van der Waals surface area contributed by atoms with E-state index in [1.165, 1.54) is 6.08 Å². The van der Waals surface area contributed by atoms with E-state index in [-0.39, 0.29) is 6.61 Å². The van der Waals surface area contributed by atoms with Crippen molar-refractivity contribution in [1.29, 1.82) is 0 Å². The number of carbonyl (C=O) groups is 2. The summed E-state index contributed by atoms with van der Waals surface area (Å²) < 4.78 is 11.3. The summed E-state index contributed by atoms with van der Waals surface area (Å²) in [6, 6.07) is 12.9. The topological polar surface area (TPSA) is 76.7 Å². The lowest BCUT2D eigenvalue weighted by Crippen LogP contribution is -2.43. The molecule has 2 amide bonds. The molecule has 7 heteroatoms. The maximum absolute atomic E-state index is 11.8. The van der Waals surface area contributed by atoms with Gasteiger partial charge in [-0.15, -0.1) is 0 Å². The molecule has 2 aromatic rings. The molecule has 6 nitrogen and oxygen atoms in total. The molecule has 0 heterocycles. The van der Waals surface area contributed by atoms with Crippen LogP contribution < -0.4 is 20.3 Å². The molecule has 0 unspecified atom stereocenters. The second-order valence-corrected chi connectivity index (χ2v) is 6.41. The van der Waals surface area contributed by atoms with E-state index < -0.39 is 11.8 Å². The summed E-state index contributed by atoms with van der Waals surface area (Å²) >= 11 is 3.41. The number of carbonyl (C=O) groups excluding carboxylic acids is 2. The molecule has 0 spiro atoms. The third-order valence-electron chi connectivity index (χ3n) is 3.63. The van der Waals surface area contributed by atoms with Crippen LogP contribution >= 0.6 is 15.9 Å². The molecule has 0 aromatic heterocycles. The van der Waals surface area contributed by atoms with Crippen LogP contribution in [0, 0.1) is 0 Å². The average Bonchev–Trinajstić information content (AvgIpc) is 2.70. The molecule has 2 N–H and O–H groups in total. The summed E-state index contributed by atoms with van der Waals surface area (Å²) in [5, 5.41) is 0. The van der Waals surface area contributed by atoms with E-state index in [1.807, 2.05) is 24.3 Å². The highest BCUT2D eigenvalue weighted by atomic mass is 79.9. The molecular formula is C20H21BrN2O4. The Morgan fingerprint density at radius 3 is 2.48 bits per heavy atom. The first-order valence-electron chi connectivity index (χ1n) is 8.34. The highest BCUT2D eigenvalue weighted by Gasteiger charge is 2.07. The number of ether oxygens (including phenoxy) is 2. The second-order valence-electron chi connectivity index (χ2n) is 5.55. The summed E-state index contributed by atoms with van der Waals surface area (Å²) in [5.74, 6) is 0.383. The Hall–Kier alpha value is -2.80. The molecule has 0 aliphatic carbocycles. The van der Waals surface area contributed by atoms with Crippen LogP contribution in [0.4, 0.5) is 0 Å². The average molecular weight is 433 g/mol. The smallest absolute Gasteiger partial charge is 0.276 e. The van der Waals surface area contributed by atoms with E-state index in [9.17, 15) is 9.59 Å². The van der Waals surface area contributed by atoms with Gasteiger partial charge in [0.1, 0.15) is 11.5 Å². The van der Waals surface area contributed by atoms with Crippen molar-refractivity contribution in [1.82, 2.24) is 10.9 Å². The lowest BCUT2D eigenvalue weighted by molar-refractivity contribution is -0.128. The quantitative estimate of drug-likeness (QED) is 0.519. The Morgan fingerprint density at radius 1 is 1.11 bits per heavy atom. The first-order chi connectivity index (χ1) is 13.0. The molecule has 0 saturated heterocycles. The van der Waals surface area contributed by atoms with Gasteiger partial charge in [-0.25, -0.2) is 0 Å². The molecule has 0 aliphatic heterocycles. The lowest BCUT2D eigenvalue weighted by Gasteiger charge is -2.10. The SMILES string of the molecule is CCc1ccc(OCC(=O)NNC(=O)/C=C/c2ccc(OC)cc2)c(Br)c1. The van der Waals surface area contributed by atoms with Gasteiger partial charge in [0.05, 0.1) is 11.6 Å². The van der Waals surface area contributed by atoms with Crippen molar-refractivity contribution in [3.05, 3.63) is 64.1 Å². The normalized spacial score (nSPS) is 10.5. The summed E-state index contributed by atoms with van der Waals surface area (Å²) in [6.45, 7) is 1.84. The number of nitrogens with one attached hydrogen (secondary N) is 2. The van der Waals surface area contributed by atoms with Crippen LogP contribution in [-0.2, 0) is 16.0 Å². The number of halogens is 1. The van der Waals surface area contributed by atoms with Crippen molar-refractivity contribution in [2.45, 2.75) is 13.3 Å². The predicted molar refractivity (Wildman–Crippen MR) is 107 cm³/mol. The molecule has 0 radical (unpaired) electrons. The number of rotatable bonds is 7. The number of benzene rings is 2. The van der Waals surface area contributed by atoms with Crippen molar-refractivity contribution < 1.29 is 19.1 Å². The largest absolute Gasteiger partial charge is 0.497 e. The molecule has 2 aromatic carbocycles. The van der Waals surface area contributed by atoms with Crippen LogP contribution in [0.5, 0.6) is 11.5 Å². The van der Waals surface area contributed by atoms with E-state index >= 15 is 0 Å². The molecular weight excluding hydrogens is 412 g/mol. The van der Waals surface area contributed by atoms with Gasteiger partial charge in [0.25, 0.3) is 11.8 Å². The Balaban J connectivity index is 1.75. The highest BCUT2D eigenvalue weighted by molar-refractivity contribution is 9.10. The van der Waals surface area contributed by atoms with Crippen molar-refractivity contribution in [3.63, 3.8) is 0 Å². The Labute approximate surface area is 166 Å². The van der Waals surface area contributed by atoms with Crippen LogP contribution in [0.15, 0.2) is 53.0 Å². The summed E-state index contributed by atoms with van der Waals surface area (Å²) in [6.07, 6.45) is 3.86. The van der Waals surface area contributed by atoms with Gasteiger partial charge in [-0.2, -0.15) is 0 Å². The van der Waals surface area contributed by atoms with Gasteiger partial charge in [-0.1, -0.05) is 25.1 Å². The fraction of sp³-hybridized carbons (Fsp3) is 0.200. The minimum absolute atomic E-state index is 0.216. The maximum Gasteiger partial charge on any atom is 0.276 e. The van der Waals surface area contributed by atoms with Crippen molar-refractivity contribution in [2.75, 3.05) is 13.7 Å². The number of hydrogen-bond acceptors (Lipinski definition) is 4. The third kappa shape index (κ3) is 6.79. The van der Waals surface area contributed by atoms with E-state index in [0.717, 1.165) is 27.8 Å². The molecule has 0 atom stereocenters. The maximum atomic E-state index is 11.8. The number of amides is 2. The van der Waals surface area contributed by atoms with Gasteiger partial charge < -0.3 is 9.47 Å². The number of hydrogen-bond donors (Lipinski definition) is 2. The van der Waals surface area contributed by atoms with E-state index in [2.05, 4.69) is 33.7 Å². The van der Waals surface area contributed by atoms with Gasteiger partial charge in [0, 0.05) is 6.08 Å². The van der Waals surface area contributed by atoms with Crippen LogP contribution in [0.3, 0.4) is 0 Å². The van der Waals surface area contributed by atoms with E-state index in [0.29, 0.717) is 5.75 Å². The molecule has 0 bridgehead atoms. The summed E-state index contributed by atoms with van der Waals surface area (Å²) in [7, 11) is 1.59. The number of hydrazine groups is 1. The number of methoxy groups -OCH3 is 1. The highest BCUT2D eigenvalue weighted by Crippen LogP contribution is 2.26. The molecule has 0 fully saturated rings. The first-order valence-corrected chi connectivity index (χ1v) is 9.13. The first kappa shape index (κ1) is 20.5. The molecule has 2 rings (SSSR count). The van der Waals surface area contributed by atoms with Gasteiger partial charge in [0.15, 0.2) is 6.61 Å². The van der Waals surface area contributed by atoms with Gasteiger partial charge >= 0.3 is 0 Å². The van der Waals surface area contributed by atoms with E-state index in [4.69, 9.17) is 9.47 Å². The monoisotopic (exact) mass is 432 g/mol. The fourth-order valence-corrected chi connectivity index (χ4v) is 2.66. The summed E-state index contributed by atoms with van der Waals surface area (Å²) in [5.41, 5.74) is 6.60. The van der Waals surface area contributed by atoms with E-state index in [1.54, 1.807) is 31.4 Å². The lowest BCUT2D eigenvalue weighted by atomic mass is 10.2. The fourth-order valence-electron chi connectivity index (χ4n) is 2.12.